The first-order chi connectivity index (χ1) is 8.13. The molecule has 0 fully saturated rings. The Morgan fingerprint density at radius 1 is 1.29 bits per heavy atom. The Morgan fingerprint density at radius 3 is 2.35 bits per heavy atom. The number of carbonyl (C=O) groups is 1. The number of aryl methyl sites for hydroxylation is 1. The van der Waals surface area contributed by atoms with Crippen LogP contribution in [-0.2, 0) is 0 Å². The number of hydrogen-bond acceptors (Lipinski definition) is 6. The molecule has 6 nitrogen and oxygen atoms in total. The molecule has 0 aliphatic carbocycles. The Hall–Kier alpha value is -1.24. The lowest BCUT2D eigenvalue weighted by atomic mass is 10.3. The van der Waals surface area contributed by atoms with E-state index < -0.39 is 0 Å². The van der Waals surface area contributed by atoms with Gasteiger partial charge in [0.05, 0.1) is 18.8 Å². The van der Waals surface area contributed by atoms with E-state index in [-0.39, 0.29) is 37.0 Å². The predicted molar refractivity (Wildman–Crippen MR) is 63.6 cm³/mol. The monoisotopic (exact) mass is 259 g/mol. The van der Waals surface area contributed by atoms with Crippen LogP contribution >= 0.6 is 11.6 Å². The zero-order chi connectivity index (χ0) is 12.8. The number of nitrogens with zero attached hydrogens (tertiary/aromatic N) is 3. The molecule has 0 amide bonds. The van der Waals surface area contributed by atoms with Crippen molar-refractivity contribution in [3.05, 3.63) is 16.5 Å². The van der Waals surface area contributed by atoms with Gasteiger partial charge in [-0.1, -0.05) is 11.6 Å². The predicted octanol–water partition coefficient (Wildman–Crippen LogP) is 0.0419. The fourth-order valence-corrected chi connectivity index (χ4v) is 1.69. The normalized spacial score (nSPS) is 10.4. The highest BCUT2D eigenvalue weighted by atomic mass is 35.5. The summed E-state index contributed by atoms with van der Waals surface area (Å²) < 4.78 is 0. The van der Waals surface area contributed by atoms with E-state index in [1.54, 1.807) is 11.8 Å². The van der Waals surface area contributed by atoms with E-state index in [0.717, 1.165) is 0 Å². The van der Waals surface area contributed by atoms with Crippen molar-refractivity contribution in [2.24, 2.45) is 0 Å². The molecule has 0 saturated heterocycles. The maximum absolute atomic E-state index is 11.0. The third kappa shape index (κ3) is 3.36. The van der Waals surface area contributed by atoms with Gasteiger partial charge in [0, 0.05) is 13.1 Å². The first-order valence-corrected chi connectivity index (χ1v) is 5.47. The average molecular weight is 260 g/mol. The van der Waals surface area contributed by atoms with Crippen LogP contribution in [0.1, 0.15) is 16.2 Å². The molecule has 0 aliphatic rings. The summed E-state index contributed by atoms with van der Waals surface area (Å²) in [6.45, 7) is 1.94. The Morgan fingerprint density at radius 2 is 1.88 bits per heavy atom. The minimum atomic E-state index is -0.112. The van der Waals surface area contributed by atoms with Crippen LogP contribution in [0.25, 0.3) is 0 Å². The van der Waals surface area contributed by atoms with Crippen molar-refractivity contribution < 1.29 is 15.0 Å². The van der Waals surface area contributed by atoms with Gasteiger partial charge in [-0.15, -0.1) is 0 Å². The summed E-state index contributed by atoms with van der Waals surface area (Å²) in [5.74, 6) is 0.761. The first kappa shape index (κ1) is 13.8. The molecular weight excluding hydrogens is 246 g/mol. The van der Waals surface area contributed by atoms with Crippen molar-refractivity contribution in [3.63, 3.8) is 0 Å². The van der Waals surface area contributed by atoms with Crippen LogP contribution in [0.15, 0.2) is 0 Å². The fourth-order valence-electron chi connectivity index (χ4n) is 1.44. The second kappa shape index (κ2) is 6.48. The van der Waals surface area contributed by atoms with E-state index in [9.17, 15) is 4.79 Å². The molecule has 0 aromatic carbocycles. The Bertz CT molecular complexity index is 395. The van der Waals surface area contributed by atoms with Crippen LogP contribution in [0.2, 0.25) is 5.15 Å². The second-order valence-electron chi connectivity index (χ2n) is 3.35. The minimum absolute atomic E-state index is 0.0726. The van der Waals surface area contributed by atoms with Gasteiger partial charge in [0.25, 0.3) is 0 Å². The fraction of sp³-hybridized carbons (Fsp3) is 0.500. The first-order valence-electron chi connectivity index (χ1n) is 5.10. The maximum Gasteiger partial charge on any atom is 0.156 e. The molecule has 1 heterocycles. The van der Waals surface area contributed by atoms with Crippen molar-refractivity contribution in [1.29, 1.82) is 0 Å². The van der Waals surface area contributed by atoms with E-state index >= 15 is 0 Å². The van der Waals surface area contributed by atoms with E-state index in [4.69, 9.17) is 21.8 Å². The van der Waals surface area contributed by atoms with Crippen molar-refractivity contribution >= 4 is 23.7 Å². The maximum atomic E-state index is 11.0. The molecule has 0 bridgehead atoms. The van der Waals surface area contributed by atoms with Crippen LogP contribution in [0, 0.1) is 6.92 Å². The molecule has 0 unspecified atom stereocenters. The number of rotatable bonds is 6. The second-order valence-corrected chi connectivity index (χ2v) is 3.71. The Labute approximate surface area is 104 Å². The van der Waals surface area contributed by atoms with Crippen LogP contribution in [-0.4, -0.2) is 52.8 Å². The molecule has 0 saturated carbocycles. The average Bonchev–Trinajstić information content (AvgIpc) is 2.28. The van der Waals surface area contributed by atoms with Gasteiger partial charge in [0.2, 0.25) is 0 Å². The molecule has 0 atom stereocenters. The third-order valence-electron chi connectivity index (χ3n) is 2.15. The Kier molecular flexibility index (Phi) is 5.27. The highest BCUT2D eigenvalue weighted by Crippen LogP contribution is 2.22. The summed E-state index contributed by atoms with van der Waals surface area (Å²) in [6, 6.07) is 0. The molecule has 94 valence electrons. The quantitative estimate of drug-likeness (QED) is 0.554. The van der Waals surface area contributed by atoms with Gasteiger partial charge < -0.3 is 15.1 Å². The number of anilines is 1. The lowest BCUT2D eigenvalue weighted by Crippen LogP contribution is -2.31. The zero-order valence-corrected chi connectivity index (χ0v) is 10.2. The lowest BCUT2D eigenvalue weighted by Gasteiger charge is -2.23. The summed E-state index contributed by atoms with van der Waals surface area (Å²) in [4.78, 5) is 20.5. The van der Waals surface area contributed by atoms with E-state index in [1.165, 1.54) is 0 Å². The molecular formula is C10H14ClN3O3. The molecule has 1 rings (SSSR count). The summed E-state index contributed by atoms with van der Waals surface area (Å²) in [6.07, 6.45) is 0.568. The minimum Gasteiger partial charge on any atom is -0.395 e. The number of aromatic nitrogens is 2. The molecule has 0 radical (unpaired) electrons. The van der Waals surface area contributed by atoms with Gasteiger partial charge in [-0.3, -0.25) is 4.79 Å². The topological polar surface area (TPSA) is 86.6 Å². The zero-order valence-electron chi connectivity index (χ0n) is 9.43. The van der Waals surface area contributed by atoms with Crippen LogP contribution in [0.5, 0.6) is 0 Å². The van der Waals surface area contributed by atoms with Gasteiger partial charge in [0.1, 0.15) is 16.8 Å². The summed E-state index contributed by atoms with van der Waals surface area (Å²) >= 11 is 5.85. The van der Waals surface area contributed by atoms with Gasteiger partial charge in [-0.05, 0) is 6.92 Å². The number of carbonyl (C=O) groups excluding carboxylic acids is 1. The van der Waals surface area contributed by atoms with Gasteiger partial charge in [-0.2, -0.15) is 0 Å². The number of aldehydes is 1. The number of aliphatic hydroxyl groups excluding tert-OH is 2. The van der Waals surface area contributed by atoms with Crippen molar-refractivity contribution in [3.8, 4) is 0 Å². The lowest BCUT2D eigenvalue weighted by molar-refractivity contribution is 0.112. The van der Waals surface area contributed by atoms with Crippen molar-refractivity contribution in [2.45, 2.75) is 6.92 Å². The van der Waals surface area contributed by atoms with Crippen LogP contribution in [0.3, 0.4) is 0 Å². The van der Waals surface area contributed by atoms with Crippen LogP contribution < -0.4 is 4.90 Å². The third-order valence-corrected chi connectivity index (χ3v) is 2.44. The molecule has 0 spiro atoms. The highest BCUT2D eigenvalue weighted by molar-refractivity contribution is 6.32. The van der Waals surface area contributed by atoms with Crippen molar-refractivity contribution in [2.75, 3.05) is 31.2 Å². The molecule has 2 N–H and O–H groups in total. The highest BCUT2D eigenvalue weighted by Gasteiger charge is 2.16. The van der Waals surface area contributed by atoms with Gasteiger partial charge >= 0.3 is 0 Å². The largest absolute Gasteiger partial charge is 0.395 e. The molecule has 7 heteroatoms. The number of aliphatic hydroxyl groups is 2. The van der Waals surface area contributed by atoms with Crippen LogP contribution in [0.4, 0.5) is 5.82 Å². The molecule has 0 aliphatic heterocycles. The van der Waals surface area contributed by atoms with Gasteiger partial charge in [0.15, 0.2) is 6.29 Å². The summed E-state index contributed by atoms with van der Waals surface area (Å²) in [7, 11) is 0. The summed E-state index contributed by atoms with van der Waals surface area (Å²) in [5.41, 5.74) is 0.166. The SMILES string of the molecule is Cc1nc(Cl)c(C=O)c(N(CCO)CCO)n1. The van der Waals surface area contributed by atoms with E-state index in [2.05, 4.69) is 9.97 Å². The van der Waals surface area contributed by atoms with Crippen molar-refractivity contribution in [1.82, 2.24) is 9.97 Å². The molecule has 17 heavy (non-hydrogen) atoms. The van der Waals surface area contributed by atoms with Gasteiger partial charge in [-0.25, -0.2) is 9.97 Å². The summed E-state index contributed by atoms with van der Waals surface area (Å²) in [5, 5.41) is 18.0. The van der Waals surface area contributed by atoms with E-state index in [1.807, 2.05) is 0 Å². The molecule has 1 aromatic heterocycles. The smallest absolute Gasteiger partial charge is 0.156 e. The molecule has 1 aromatic rings. The Balaban J connectivity index is 3.19. The number of halogens is 1. The van der Waals surface area contributed by atoms with E-state index in [0.29, 0.717) is 17.9 Å². The number of hydrogen-bond donors (Lipinski definition) is 2. The standard InChI is InChI=1S/C10H14ClN3O3/c1-7-12-9(11)8(6-17)10(13-7)14(2-4-15)3-5-16/h6,15-16H,2-5H2,1H3.